The van der Waals surface area contributed by atoms with Crippen LogP contribution in [0.25, 0.3) is 5.82 Å². The number of hydrogen-bond acceptors (Lipinski definition) is 7. The molecular weight excluding hydrogens is 480 g/mol. The Labute approximate surface area is 192 Å². The first-order chi connectivity index (χ1) is 15.7. The molecule has 34 heavy (non-hydrogen) atoms. The molecule has 0 bridgehead atoms. The number of amides is 1. The van der Waals surface area contributed by atoms with Gasteiger partial charge in [-0.15, -0.1) is 0 Å². The summed E-state index contributed by atoms with van der Waals surface area (Å²) < 4.78 is 76.8. The highest BCUT2D eigenvalue weighted by atomic mass is 32.2. The maximum Gasteiger partial charge on any atom is 0.430 e. The number of anilines is 1. The topological polar surface area (TPSA) is 132 Å². The van der Waals surface area contributed by atoms with Crippen LogP contribution in [-0.2, 0) is 19.4 Å². The van der Waals surface area contributed by atoms with Gasteiger partial charge in [-0.2, -0.15) is 13.2 Å². The summed E-state index contributed by atoms with van der Waals surface area (Å²) in [4.78, 5) is 23.8. The van der Waals surface area contributed by atoms with Crippen LogP contribution in [0.5, 0.6) is 0 Å². The molecule has 0 spiro atoms. The van der Waals surface area contributed by atoms with E-state index >= 15 is 0 Å². The van der Waals surface area contributed by atoms with Crippen LogP contribution in [0.15, 0.2) is 41.6 Å². The molecule has 1 atom stereocenters. The molecule has 1 saturated heterocycles. The fourth-order valence-electron chi connectivity index (χ4n) is 3.42. The molecule has 9 nitrogen and oxygen atoms in total. The molecule has 0 radical (unpaired) electrons. The van der Waals surface area contributed by atoms with Crippen LogP contribution in [0.1, 0.15) is 32.4 Å². The van der Waals surface area contributed by atoms with Crippen LogP contribution in [0.3, 0.4) is 0 Å². The van der Waals surface area contributed by atoms with E-state index in [4.69, 9.17) is 5.73 Å². The summed E-state index contributed by atoms with van der Waals surface area (Å²) in [5.41, 5.74) is 3.71. The van der Waals surface area contributed by atoms with Gasteiger partial charge in [0.15, 0.2) is 21.5 Å². The van der Waals surface area contributed by atoms with E-state index in [1.165, 1.54) is 30.2 Å². The summed E-state index contributed by atoms with van der Waals surface area (Å²) in [7, 11) is -3.38. The Morgan fingerprint density at radius 3 is 2.68 bits per heavy atom. The average molecular weight is 502 g/mol. The van der Waals surface area contributed by atoms with Gasteiger partial charge in [-0.25, -0.2) is 22.8 Å². The molecule has 2 aromatic rings. The largest absolute Gasteiger partial charge is 0.430 e. The molecule has 0 aliphatic carbocycles. The van der Waals surface area contributed by atoms with Gasteiger partial charge in [0.25, 0.3) is 0 Å². The summed E-state index contributed by atoms with van der Waals surface area (Å²) in [5, 5.41) is 2.34. The van der Waals surface area contributed by atoms with Gasteiger partial charge in [0.1, 0.15) is 23.3 Å². The lowest BCUT2D eigenvalue weighted by atomic mass is 10.0. The van der Waals surface area contributed by atoms with Crippen molar-refractivity contribution >= 4 is 27.1 Å². The molecule has 1 aliphatic heterocycles. The van der Waals surface area contributed by atoms with E-state index in [0.29, 0.717) is 18.9 Å². The Kier molecular flexibility index (Phi) is 6.82. The van der Waals surface area contributed by atoms with Crippen LogP contribution >= 0.6 is 0 Å². The lowest BCUT2D eigenvalue weighted by Gasteiger charge is -2.19. The molecule has 3 rings (SSSR count). The first kappa shape index (κ1) is 25.3. The minimum Gasteiger partial charge on any atom is -0.395 e. The van der Waals surface area contributed by atoms with Gasteiger partial charge in [0.05, 0.1) is 23.3 Å². The minimum absolute atomic E-state index is 0.00452. The molecule has 1 fully saturated rings. The number of carbonyl (C=O) groups is 1. The average Bonchev–Trinajstić information content (AvgIpc) is 3.31. The lowest BCUT2D eigenvalue weighted by Crippen LogP contribution is -2.28. The third-order valence-corrected chi connectivity index (χ3v) is 8.00. The zero-order valence-corrected chi connectivity index (χ0v) is 19.0. The quantitative estimate of drug-likeness (QED) is 0.461. The number of nitrogens with two attached hydrogens (primary N) is 1. The van der Waals surface area contributed by atoms with E-state index in [2.05, 4.69) is 20.3 Å². The molecule has 0 aromatic carbocycles. The monoisotopic (exact) mass is 502 g/mol. The van der Waals surface area contributed by atoms with Crippen molar-refractivity contribution in [2.45, 2.75) is 37.6 Å². The number of rotatable bonds is 6. The maximum atomic E-state index is 14.7. The number of nitrogens with zero attached hydrogens (tertiary/aromatic N) is 4. The Morgan fingerprint density at radius 2 is 2.09 bits per heavy atom. The second kappa shape index (κ2) is 9.16. The molecule has 1 amide bonds. The second-order valence-corrected chi connectivity index (χ2v) is 10.5. The van der Waals surface area contributed by atoms with E-state index in [0.717, 1.165) is 6.07 Å². The Bertz CT molecular complexity index is 1270. The Hall–Kier alpha value is -3.29. The first-order valence-electron chi connectivity index (χ1n) is 10.0. The first-order valence-corrected chi connectivity index (χ1v) is 11.7. The normalized spacial score (nSPS) is 21.0. The number of carbonyl (C=O) groups excluding carboxylic acids is 1. The summed E-state index contributed by atoms with van der Waals surface area (Å²) in [5.74, 6) is -1.62. The standard InChI is InChI=1S/C20H22F4N6O3S/c1-12(6-15(25)20(22,23)24)26-9-17(31)29-13-7-14(21)18(27-8-13)30-10-16(28-11-30)19(2)4-3-5-34(19,32)33/h6-8,10-11H,3-5,9,25H2,1-2H3,(H,29,31)/b15-6-,26-12?. The third-order valence-electron chi connectivity index (χ3n) is 5.39. The van der Waals surface area contributed by atoms with Crippen LogP contribution in [-0.4, -0.2) is 53.0 Å². The molecular formula is C20H22F4N6O3S. The number of sulfone groups is 1. The smallest absolute Gasteiger partial charge is 0.395 e. The van der Waals surface area contributed by atoms with Gasteiger partial charge < -0.3 is 11.1 Å². The molecule has 3 N–H and O–H groups in total. The number of aliphatic imine (C=N–C) groups is 1. The number of imidazole rings is 1. The van der Waals surface area contributed by atoms with Crippen LogP contribution in [0, 0.1) is 5.82 Å². The van der Waals surface area contributed by atoms with Crippen molar-refractivity contribution in [2.24, 2.45) is 10.7 Å². The van der Waals surface area contributed by atoms with E-state index < -0.39 is 44.7 Å². The summed E-state index contributed by atoms with van der Waals surface area (Å²) in [6.07, 6.45) is 0.654. The van der Waals surface area contributed by atoms with E-state index in [-0.39, 0.29) is 28.7 Å². The number of hydrogen-bond donors (Lipinski definition) is 2. The molecule has 1 unspecified atom stereocenters. The molecule has 14 heteroatoms. The number of aromatic nitrogens is 3. The molecule has 184 valence electrons. The molecule has 1 aliphatic rings. The molecule has 2 aromatic heterocycles. The van der Waals surface area contributed by atoms with E-state index in [1.54, 1.807) is 6.92 Å². The summed E-state index contributed by atoms with van der Waals surface area (Å²) in [6.45, 7) is 2.31. The van der Waals surface area contributed by atoms with Crippen molar-refractivity contribution in [2.75, 3.05) is 17.6 Å². The van der Waals surface area contributed by atoms with Crippen molar-refractivity contribution in [1.29, 1.82) is 0 Å². The van der Waals surface area contributed by atoms with Gasteiger partial charge in [-0.1, -0.05) is 0 Å². The van der Waals surface area contributed by atoms with Crippen molar-refractivity contribution in [3.63, 3.8) is 0 Å². The molecule has 0 saturated carbocycles. The van der Waals surface area contributed by atoms with Gasteiger partial charge in [-0.3, -0.25) is 14.4 Å². The summed E-state index contributed by atoms with van der Waals surface area (Å²) >= 11 is 0. The highest BCUT2D eigenvalue weighted by molar-refractivity contribution is 7.92. The van der Waals surface area contributed by atoms with Gasteiger partial charge in [-0.05, 0) is 32.8 Å². The van der Waals surface area contributed by atoms with Crippen molar-refractivity contribution < 1.29 is 30.8 Å². The van der Waals surface area contributed by atoms with Gasteiger partial charge in [0, 0.05) is 18.0 Å². The number of pyridine rings is 1. The number of alkyl halides is 3. The lowest BCUT2D eigenvalue weighted by molar-refractivity contribution is -0.114. The zero-order valence-electron chi connectivity index (χ0n) is 18.2. The second-order valence-electron chi connectivity index (χ2n) is 7.95. The number of allylic oxidation sites excluding steroid dienone is 2. The van der Waals surface area contributed by atoms with Crippen molar-refractivity contribution in [3.8, 4) is 5.82 Å². The maximum absolute atomic E-state index is 14.7. The Morgan fingerprint density at radius 1 is 1.38 bits per heavy atom. The van der Waals surface area contributed by atoms with Crippen LogP contribution in [0.2, 0.25) is 0 Å². The zero-order chi connectivity index (χ0) is 25.3. The van der Waals surface area contributed by atoms with Crippen LogP contribution in [0.4, 0.5) is 23.2 Å². The van der Waals surface area contributed by atoms with E-state index in [9.17, 15) is 30.8 Å². The van der Waals surface area contributed by atoms with Crippen molar-refractivity contribution in [3.05, 3.63) is 48.1 Å². The third kappa shape index (κ3) is 5.26. The fraction of sp³-hybridized carbons (Fsp3) is 0.400. The minimum atomic E-state index is -4.71. The number of nitrogens with one attached hydrogen (secondary N) is 1. The fourth-order valence-corrected chi connectivity index (χ4v) is 5.27. The molecule has 3 heterocycles. The van der Waals surface area contributed by atoms with Crippen LogP contribution < -0.4 is 11.1 Å². The van der Waals surface area contributed by atoms with Crippen molar-refractivity contribution in [1.82, 2.24) is 14.5 Å². The predicted molar refractivity (Wildman–Crippen MR) is 117 cm³/mol. The predicted octanol–water partition coefficient (Wildman–Crippen LogP) is 2.63. The SMILES string of the molecule is CC(/C=C(\N)C(F)(F)F)=NCC(=O)Nc1cnc(-n2cnc(C3(C)CCCS3(=O)=O)c2)c(F)c1. The van der Waals surface area contributed by atoms with E-state index in [1.807, 2.05) is 0 Å². The Balaban J connectivity index is 1.70. The van der Waals surface area contributed by atoms with Gasteiger partial charge in [0.2, 0.25) is 5.91 Å². The highest BCUT2D eigenvalue weighted by Crippen LogP contribution is 2.40. The number of halogens is 4. The van der Waals surface area contributed by atoms with Gasteiger partial charge >= 0.3 is 6.18 Å². The summed E-state index contributed by atoms with van der Waals surface area (Å²) in [6, 6.07) is 0.992. The highest BCUT2D eigenvalue weighted by Gasteiger charge is 2.46.